The van der Waals surface area contributed by atoms with Gasteiger partial charge in [-0.05, 0) is 18.8 Å². The Balaban J connectivity index is 4.28. The second-order valence-electron chi connectivity index (χ2n) is 4.42. The van der Waals surface area contributed by atoms with Crippen LogP contribution in [0.1, 0.15) is 40.0 Å². The molecule has 0 aromatic heterocycles. The van der Waals surface area contributed by atoms with Crippen LogP contribution in [0.15, 0.2) is 0 Å². The Hall–Kier alpha value is -1.10. The van der Waals surface area contributed by atoms with Crippen LogP contribution in [-0.4, -0.2) is 29.1 Å². The molecule has 5 nitrogen and oxygen atoms in total. The van der Waals surface area contributed by atoms with Crippen molar-refractivity contribution in [2.24, 2.45) is 11.7 Å². The van der Waals surface area contributed by atoms with Crippen LogP contribution in [-0.2, 0) is 9.59 Å². The molecule has 0 radical (unpaired) electrons. The number of carboxylic acids is 1. The minimum absolute atomic E-state index is 0.212. The fraction of sp³-hybridized carbons (Fsp3) is 0.818. The van der Waals surface area contributed by atoms with Crippen molar-refractivity contribution >= 4 is 11.9 Å². The average Bonchev–Trinajstić information content (AvgIpc) is 2.16. The van der Waals surface area contributed by atoms with Crippen molar-refractivity contribution in [2.75, 3.05) is 0 Å². The maximum atomic E-state index is 11.5. The molecule has 0 unspecified atom stereocenters. The van der Waals surface area contributed by atoms with Crippen LogP contribution in [0.3, 0.4) is 0 Å². The summed E-state index contributed by atoms with van der Waals surface area (Å²) in [7, 11) is 0. The predicted molar refractivity (Wildman–Crippen MR) is 61.9 cm³/mol. The summed E-state index contributed by atoms with van der Waals surface area (Å²) in [6.07, 6.45) is 1.79. The summed E-state index contributed by atoms with van der Waals surface area (Å²) in [5, 5.41) is 11.4. The van der Waals surface area contributed by atoms with E-state index in [1.807, 2.05) is 20.8 Å². The number of carbonyl (C=O) groups is 2. The molecule has 4 N–H and O–H groups in total. The summed E-state index contributed by atoms with van der Waals surface area (Å²) < 4.78 is 0. The number of carboxylic acid groups (broad SMARTS) is 1. The zero-order valence-electron chi connectivity index (χ0n) is 10.2. The van der Waals surface area contributed by atoms with Gasteiger partial charge >= 0.3 is 5.97 Å². The zero-order valence-corrected chi connectivity index (χ0v) is 10.2. The number of hydrogen-bond donors (Lipinski definition) is 3. The van der Waals surface area contributed by atoms with Crippen LogP contribution in [0.2, 0.25) is 0 Å². The molecule has 0 fully saturated rings. The zero-order chi connectivity index (χ0) is 12.7. The lowest BCUT2D eigenvalue weighted by molar-refractivity contribution is -0.142. The molecule has 2 atom stereocenters. The number of rotatable bonds is 7. The summed E-state index contributed by atoms with van der Waals surface area (Å²) >= 11 is 0. The van der Waals surface area contributed by atoms with Gasteiger partial charge in [0, 0.05) is 0 Å². The van der Waals surface area contributed by atoms with Gasteiger partial charge in [-0.2, -0.15) is 0 Å². The van der Waals surface area contributed by atoms with Gasteiger partial charge in [0.1, 0.15) is 6.04 Å². The predicted octanol–water partition coefficient (Wildman–Crippen LogP) is 0.729. The highest BCUT2D eigenvalue weighted by atomic mass is 16.4. The number of carbonyl (C=O) groups excluding carboxylic acids is 1. The molecule has 5 heteroatoms. The summed E-state index contributed by atoms with van der Waals surface area (Å²) in [4.78, 5) is 22.4. The van der Waals surface area contributed by atoms with Crippen LogP contribution in [0.5, 0.6) is 0 Å². The van der Waals surface area contributed by atoms with E-state index in [1.54, 1.807) is 0 Å². The molecule has 0 aromatic carbocycles. The van der Waals surface area contributed by atoms with Gasteiger partial charge < -0.3 is 16.2 Å². The molecule has 0 saturated heterocycles. The maximum absolute atomic E-state index is 11.5. The molecule has 94 valence electrons. The van der Waals surface area contributed by atoms with E-state index in [0.29, 0.717) is 12.8 Å². The molecule has 1 amide bonds. The Bertz CT molecular complexity index is 241. The van der Waals surface area contributed by atoms with Crippen molar-refractivity contribution in [3.63, 3.8) is 0 Å². The molecule has 0 aliphatic rings. The van der Waals surface area contributed by atoms with Crippen LogP contribution < -0.4 is 11.1 Å². The van der Waals surface area contributed by atoms with E-state index in [2.05, 4.69) is 5.32 Å². The summed E-state index contributed by atoms with van der Waals surface area (Å²) in [6, 6.07) is -1.45. The quantitative estimate of drug-likeness (QED) is 0.601. The SMILES string of the molecule is CCC[C@@H](N)C(=O)N[C@@H](CC(C)C)C(=O)O. The van der Waals surface area contributed by atoms with Gasteiger partial charge in [-0.25, -0.2) is 4.79 Å². The number of nitrogens with one attached hydrogen (secondary N) is 1. The third-order valence-electron chi connectivity index (χ3n) is 2.26. The highest BCUT2D eigenvalue weighted by molar-refractivity contribution is 5.86. The lowest BCUT2D eigenvalue weighted by Gasteiger charge is -2.18. The standard InChI is InChI=1S/C11H22N2O3/c1-4-5-8(12)10(14)13-9(11(15)16)6-7(2)3/h7-9H,4-6,12H2,1-3H3,(H,13,14)(H,15,16)/t8-,9+/m1/s1. The second kappa shape index (κ2) is 7.22. The van der Waals surface area contributed by atoms with E-state index < -0.39 is 18.1 Å². The second-order valence-corrected chi connectivity index (χ2v) is 4.42. The molecule has 0 spiro atoms. The van der Waals surface area contributed by atoms with Gasteiger partial charge in [-0.3, -0.25) is 4.79 Å². The van der Waals surface area contributed by atoms with Gasteiger partial charge in [0.25, 0.3) is 0 Å². The first kappa shape index (κ1) is 14.9. The van der Waals surface area contributed by atoms with Crippen molar-refractivity contribution in [1.82, 2.24) is 5.32 Å². The van der Waals surface area contributed by atoms with Gasteiger partial charge in [0.2, 0.25) is 5.91 Å². The molecule has 0 aromatic rings. The molecule has 0 aliphatic carbocycles. The first-order valence-electron chi connectivity index (χ1n) is 5.67. The Kier molecular flexibility index (Phi) is 6.72. The number of hydrogen-bond acceptors (Lipinski definition) is 3. The van der Waals surface area contributed by atoms with E-state index >= 15 is 0 Å². The highest BCUT2D eigenvalue weighted by Crippen LogP contribution is 2.05. The van der Waals surface area contributed by atoms with E-state index in [1.165, 1.54) is 0 Å². The Morgan fingerprint density at radius 2 is 1.94 bits per heavy atom. The highest BCUT2D eigenvalue weighted by Gasteiger charge is 2.23. The largest absolute Gasteiger partial charge is 0.480 e. The number of aliphatic carboxylic acids is 1. The fourth-order valence-corrected chi connectivity index (χ4v) is 1.41. The molecular formula is C11H22N2O3. The van der Waals surface area contributed by atoms with Gasteiger partial charge in [0.05, 0.1) is 6.04 Å². The van der Waals surface area contributed by atoms with Crippen molar-refractivity contribution in [3.05, 3.63) is 0 Å². The lowest BCUT2D eigenvalue weighted by Crippen LogP contribution is -2.48. The van der Waals surface area contributed by atoms with E-state index in [4.69, 9.17) is 10.8 Å². The van der Waals surface area contributed by atoms with Crippen molar-refractivity contribution < 1.29 is 14.7 Å². The Morgan fingerprint density at radius 3 is 2.31 bits per heavy atom. The molecule has 0 heterocycles. The normalized spacial score (nSPS) is 14.6. The van der Waals surface area contributed by atoms with Crippen LogP contribution in [0.4, 0.5) is 0 Å². The molecule has 0 aliphatic heterocycles. The minimum Gasteiger partial charge on any atom is -0.480 e. The Labute approximate surface area is 96.4 Å². The van der Waals surface area contributed by atoms with Crippen molar-refractivity contribution in [1.29, 1.82) is 0 Å². The molecular weight excluding hydrogens is 208 g/mol. The fourth-order valence-electron chi connectivity index (χ4n) is 1.41. The summed E-state index contributed by atoms with van der Waals surface area (Å²) in [5.74, 6) is -1.18. The van der Waals surface area contributed by atoms with E-state index in [0.717, 1.165) is 6.42 Å². The van der Waals surface area contributed by atoms with Gasteiger partial charge in [0.15, 0.2) is 0 Å². The topological polar surface area (TPSA) is 92.4 Å². The molecule has 0 bridgehead atoms. The first-order valence-corrected chi connectivity index (χ1v) is 5.67. The lowest BCUT2D eigenvalue weighted by atomic mass is 10.0. The van der Waals surface area contributed by atoms with Gasteiger partial charge in [-0.15, -0.1) is 0 Å². The van der Waals surface area contributed by atoms with Crippen LogP contribution in [0, 0.1) is 5.92 Å². The van der Waals surface area contributed by atoms with Gasteiger partial charge in [-0.1, -0.05) is 27.2 Å². The summed E-state index contributed by atoms with van der Waals surface area (Å²) in [5.41, 5.74) is 5.60. The molecule has 0 saturated carbocycles. The van der Waals surface area contributed by atoms with E-state index in [-0.39, 0.29) is 11.8 Å². The Morgan fingerprint density at radius 1 is 1.38 bits per heavy atom. The molecule has 0 rings (SSSR count). The third-order valence-corrected chi connectivity index (χ3v) is 2.26. The maximum Gasteiger partial charge on any atom is 0.326 e. The monoisotopic (exact) mass is 230 g/mol. The minimum atomic E-state index is -1.01. The number of nitrogens with two attached hydrogens (primary N) is 1. The third kappa shape index (κ3) is 5.70. The average molecular weight is 230 g/mol. The van der Waals surface area contributed by atoms with E-state index in [9.17, 15) is 9.59 Å². The smallest absolute Gasteiger partial charge is 0.326 e. The van der Waals surface area contributed by atoms with Crippen molar-refractivity contribution in [3.8, 4) is 0 Å². The van der Waals surface area contributed by atoms with Crippen LogP contribution in [0.25, 0.3) is 0 Å². The summed E-state index contributed by atoms with van der Waals surface area (Å²) in [6.45, 7) is 5.75. The number of amides is 1. The van der Waals surface area contributed by atoms with Crippen LogP contribution >= 0.6 is 0 Å². The van der Waals surface area contributed by atoms with Crippen molar-refractivity contribution in [2.45, 2.75) is 52.1 Å². The molecule has 16 heavy (non-hydrogen) atoms. The first-order chi connectivity index (χ1) is 7.38.